The van der Waals surface area contributed by atoms with E-state index in [1.165, 1.54) is 56.9 Å². The van der Waals surface area contributed by atoms with Crippen molar-refractivity contribution in [2.75, 3.05) is 0 Å². The van der Waals surface area contributed by atoms with Crippen LogP contribution in [0.3, 0.4) is 0 Å². The van der Waals surface area contributed by atoms with Crippen LogP contribution in [0.4, 0.5) is 0 Å². The Morgan fingerprint density at radius 2 is 1.67 bits per heavy atom. The van der Waals surface area contributed by atoms with Gasteiger partial charge in [0.05, 0.1) is 0 Å². The Bertz CT molecular complexity index is 169. The van der Waals surface area contributed by atoms with Gasteiger partial charge in [0.2, 0.25) is 0 Å². The molecule has 68 valence electrons. The molecule has 2 aliphatic carbocycles. The van der Waals surface area contributed by atoms with Crippen LogP contribution in [0, 0.1) is 11.8 Å². The van der Waals surface area contributed by atoms with Gasteiger partial charge in [-0.05, 0) is 37.5 Å². The summed E-state index contributed by atoms with van der Waals surface area (Å²) in [6.07, 6.45) is 11.6. The molecule has 0 aliphatic heterocycles. The van der Waals surface area contributed by atoms with Gasteiger partial charge in [-0.1, -0.05) is 37.8 Å². The Balaban J connectivity index is 1.99. The van der Waals surface area contributed by atoms with Gasteiger partial charge in [-0.3, -0.25) is 0 Å². The van der Waals surface area contributed by atoms with E-state index in [9.17, 15) is 0 Å². The van der Waals surface area contributed by atoms with Gasteiger partial charge in [-0.2, -0.15) is 0 Å². The fraction of sp³-hybridized carbons (Fsp3) is 0.833. The molecule has 2 atom stereocenters. The third-order valence-corrected chi connectivity index (χ3v) is 3.74. The second kappa shape index (κ2) is 3.64. The van der Waals surface area contributed by atoms with E-state index in [1.807, 2.05) is 0 Å². The highest BCUT2D eigenvalue weighted by molar-refractivity contribution is 5.01. The maximum Gasteiger partial charge on any atom is -0.0292 e. The lowest BCUT2D eigenvalue weighted by molar-refractivity contribution is 0.261. The van der Waals surface area contributed by atoms with Gasteiger partial charge in [0, 0.05) is 0 Å². The van der Waals surface area contributed by atoms with Crippen LogP contribution in [-0.2, 0) is 0 Å². The molecule has 0 spiro atoms. The van der Waals surface area contributed by atoms with Crippen LogP contribution >= 0.6 is 0 Å². The highest BCUT2D eigenvalue weighted by Crippen LogP contribution is 2.40. The number of rotatable bonds is 0. The number of fused-ring (bicyclic) bond motifs is 1. The SMILES string of the molecule is C=C1CCC2CCCCCC2C1. The molecule has 2 fully saturated rings. The van der Waals surface area contributed by atoms with Crippen molar-refractivity contribution in [1.29, 1.82) is 0 Å². The van der Waals surface area contributed by atoms with Gasteiger partial charge in [0.1, 0.15) is 0 Å². The van der Waals surface area contributed by atoms with Crippen molar-refractivity contribution >= 4 is 0 Å². The fourth-order valence-corrected chi connectivity index (χ4v) is 2.97. The topological polar surface area (TPSA) is 0 Å². The van der Waals surface area contributed by atoms with Gasteiger partial charge >= 0.3 is 0 Å². The zero-order chi connectivity index (χ0) is 8.39. The molecular formula is C12H20. The Morgan fingerprint density at radius 3 is 2.50 bits per heavy atom. The molecule has 2 aliphatic rings. The van der Waals surface area contributed by atoms with E-state index >= 15 is 0 Å². The van der Waals surface area contributed by atoms with Crippen LogP contribution in [-0.4, -0.2) is 0 Å². The quantitative estimate of drug-likeness (QED) is 0.476. The van der Waals surface area contributed by atoms with Gasteiger partial charge in [-0.25, -0.2) is 0 Å². The molecule has 2 unspecified atom stereocenters. The first-order valence-electron chi connectivity index (χ1n) is 5.53. The molecular weight excluding hydrogens is 144 g/mol. The zero-order valence-corrected chi connectivity index (χ0v) is 8.02. The minimum Gasteiger partial charge on any atom is -0.0999 e. The molecule has 0 heteroatoms. The second-order valence-electron chi connectivity index (χ2n) is 4.65. The lowest BCUT2D eigenvalue weighted by Gasteiger charge is -2.31. The molecule has 0 aromatic heterocycles. The largest absolute Gasteiger partial charge is 0.0999 e. The molecule has 0 aromatic carbocycles. The summed E-state index contributed by atoms with van der Waals surface area (Å²) in [6.45, 7) is 4.14. The lowest BCUT2D eigenvalue weighted by atomic mass is 9.75. The van der Waals surface area contributed by atoms with E-state index in [0.29, 0.717) is 0 Å². The van der Waals surface area contributed by atoms with Crippen molar-refractivity contribution in [2.24, 2.45) is 11.8 Å². The molecule has 0 nitrogen and oxygen atoms in total. The van der Waals surface area contributed by atoms with Crippen LogP contribution in [0.15, 0.2) is 12.2 Å². The van der Waals surface area contributed by atoms with E-state index in [0.717, 1.165) is 11.8 Å². The highest BCUT2D eigenvalue weighted by Gasteiger charge is 2.27. The molecule has 12 heavy (non-hydrogen) atoms. The monoisotopic (exact) mass is 164 g/mol. The van der Waals surface area contributed by atoms with E-state index in [2.05, 4.69) is 6.58 Å². The lowest BCUT2D eigenvalue weighted by Crippen LogP contribution is -2.19. The van der Waals surface area contributed by atoms with E-state index in [1.54, 1.807) is 0 Å². The third kappa shape index (κ3) is 1.73. The van der Waals surface area contributed by atoms with Crippen molar-refractivity contribution in [2.45, 2.75) is 51.4 Å². The Labute approximate surface area is 76.1 Å². The van der Waals surface area contributed by atoms with Gasteiger partial charge in [0.15, 0.2) is 0 Å². The highest BCUT2D eigenvalue weighted by atomic mass is 14.3. The van der Waals surface area contributed by atoms with Crippen LogP contribution in [0.5, 0.6) is 0 Å². The average molecular weight is 164 g/mol. The van der Waals surface area contributed by atoms with Gasteiger partial charge < -0.3 is 0 Å². The standard InChI is InChI=1S/C12H20/c1-10-7-8-11-5-3-2-4-6-12(11)9-10/h11-12H,1-9H2. The maximum atomic E-state index is 4.14. The normalized spacial score (nSPS) is 37.2. The third-order valence-electron chi connectivity index (χ3n) is 3.74. The summed E-state index contributed by atoms with van der Waals surface area (Å²) >= 11 is 0. The summed E-state index contributed by atoms with van der Waals surface area (Å²) in [4.78, 5) is 0. The Hall–Kier alpha value is -0.260. The molecule has 0 aromatic rings. The van der Waals surface area contributed by atoms with Crippen LogP contribution in [0.2, 0.25) is 0 Å². The summed E-state index contributed by atoms with van der Waals surface area (Å²) in [5.74, 6) is 2.09. The summed E-state index contributed by atoms with van der Waals surface area (Å²) in [7, 11) is 0. The first-order chi connectivity index (χ1) is 5.86. The van der Waals surface area contributed by atoms with Crippen molar-refractivity contribution in [3.63, 3.8) is 0 Å². The minimum absolute atomic E-state index is 1.02. The molecule has 0 bridgehead atoms. The molecule has 0 saturated heterocycles. The van der Waals surface area contributed by atoms with Crippen molar-refractivity contribution in [3.8, 4) is 0 Å². The molecule has 0 amide bonds. The molecule has 0 N–H and O–H groups in total. The first-order valence-corrected chi connectivity index (χ1v) is 5.53. The van der Waals surface area contributed by atoms with Crippen LogP contribution < -0.4 is 0 Å². The molecule has 0 heterocycles. The van der Waals surface area contributed by atoms with Crippen LogP contribution in [0.1, 0.15) is 51.4 Å². The fourth-order valence-electron chi connectivity index (χ4n) is 2.97. The first kappa shape index (κ1) is 8.34. The van der Waals surface area contributed by atoms with E-state index in [4.69, 9.17) is 0 Å². The van der Waals surface area contributed by atoms with Gasteiger partial charge in [0.25, 0.3) is 0 Å². The minimum atomic E-state index is 1.02. The van der Waals surface area contributed by atoms with Crippen molar-refractivity contribution in [3.05, 3.63) is 12.2 Å². The van der Waals surface area contributed by atoms with E-state index in [-0.39, 0.29) is 0 Å². The van der Waals surface area contributed by atoms with Gasteiger partial charge in [-0.15, -0.1) is 0 Å². The Kier molecular flexibility index (Phi) is 2.53. The maximum absolute atomic E-state index is 4.14. The number of hydrogen-bond donors (Lipinski definition) is 0. The number of hydrogen-bond acceptors (Lipinski definition) is 0. The molecule has 0 radical (unpaired) electrons. The zero-order valence-electron chi connectivity index (χ0n) is 8.02. The van der Waals surface area contributed by atoms with Crippen LogP contribution in [0.25, 0.3) is 0 Å². The predicted octanol–water partition coefficient (Wildman–Crippen LogP) is 3.92. The number of allylic oxidation sites excluding steroid dienone is 1. The second-order valence-corrected chi connectivity index (χ2v) is 4.65. The summed E-state index contributed by atoms with van der Waals surface area (Å²) in [6, 6.07) is 0. The van der Waals surface area contributed by atoms with E-state index < -0.39 is 0 Å². The smallest absolute Gasteiger partial charge is 0.0292 e. The average Bonchev–Trinajstić information content (AvgIpc) is 2.28. The van der Waals surface area contributed by atoms with Crippen molar-refractivity contribution < 1.29 is 0 Å². The molecule has 2 rings (SSSR count). The predicted molar refractivity (Wildman–Crippen MR) is 53.1 cm³/mol. The Morgan fingerprint density at radius 1 is 0.917 bits per heavy atom. The van der Waals surface area contributed by atoms with Crippen molar-refractivity contribution in [1.82, 2.24) is 0 Å². The summed E-state index contributed by atoms with van der Waals surface area (Å²) in [5.41, 5.74) is 1.53. The summed E-state index contributed by atoms with van der Waals surface area (Å²) < 4.78 is 0. The summed E-state index contributed by atoms with van der Waals surface area (Å²) in [5, 5.41) is 0. The molecule has 2 saturated carbocycles.